The Hall–Kier alpha value is -2.77. The fourth-order valence-electron chi connectivity index (χ4n) is 3.10. The van der Waals surface area contributed by atoms with Crippen LogP contribution in [0.1, 0.15) is 23.5 Å². The first-order chi connectivity index (χ1) is 14.7. The largest absolute Gasteiger partial charge is 0.418 e. The van der Waals surface area contributed by atoms with Crippen molar-refractivity contribution in [3.63, 3.8) is 0 Å². The van der Waals surface area contributed by atoms with E-state index < -0.39 is 23.6 Å². The molecule has 2 aromatic rings. The molecule has 0 aliphatic carbocycles. The van der Waals surface area contributed by atoms with E-state index in [2.05, 4.69) is 32.6 Å². The number of nitrogens with zero attached hydrogens (tertiary/aromatic N) is 1. The fraction of sp³-hybridized carbons (Fsp3) is 0.190. The minimum Gasteiger partial charge on any atom is -0.325 e. The number of benzene rings is 2. The van der Waals surface area contributed by atoms with Crippen LogP contribution in [0.5, 0.6) is 0 Å². The van der Waals surface area contributed by atoms with Crippen LogP contribution < -0.4 is 10.6 Å². The molecule has 0 bridgehead atoms. The van der Waals surface area contributed by atoms with E-state index in [1.54, 1.807) is 12.1 Å². The number of hydrogen-bond acceptors (Lipinski definition) is 4. The number of nitrogens with one attached hydrogen (secondary N) is 2. The number of halogens is 4. The molecule has 1 atom stereocenters. The van der Waals surface area contributed by atoms with E-state index in [1.807, 2.05) is 12.1 Å². The number of carbonyl (C=O) groups is 2. The van der Waals surface area contributed by atoms with E-state index >= 15 is 0 Å². The zero-order valence-electron chi connectivity index (χ0n) is 15.8. The minimum absolute atomic E-state index is 0.0779. The van der Waals surface area contributed by atoms with Crippen LogP contribution in [0.3, 0.4) is 0 Å². The second-order valence-corrected chi connectivity index (χ2v) is 8.50. The van der Waals surface area contributed by atoms with Crippen molar-refractivity contribution in [2.75, 3.05) is 11.1 Å². The molecule has 0 aromatic heterocycles. The third-order valence-corrected chi connectivity index (χ3v) is 5.97. The van der Waals surface area contributed by atoms with Gasteiger partial charge in [0.25, 0.3) is 0 Å². The molecule has 2 amide bonds. The molecule has 1 aliphatic heterocycles. The molecule has 0 spiro atoms. The van der Waals surface area contributed by atoms with Gasteiger partial charge in [-0.3, -0.25) is 9.59 Å². The molecule has 0 saturated carbocycles. The summed E-state index contributed by atoms with van der Waals surface area (Å²) in [7, 11) is 0. The average Bonchev–Trinajstić information content (AvgIpc) is 2.71. The molecule has 3 rings (SSSR count). The van der Waals surface area contributed by atoms with E-state index in [1.165, 1.54) is 12.1 Å². The molecule has 0 radical (unpaired) electrons. The number of hydrogen-bond donors (Lipinski definition) is 2. The van der Waals surface area contributed by atoms with Crippen molar-refractivity contribution in [2.45, 2.75) is 18.5 Å². The van der Waals surface area contributed by atoms with Crippen molar-refractivity contribution in [1.82, 2.24) is 5.32 Å². The highest BCUT2D eigenvalue weighted by Gasteiger charge is 2.34. The number of thioether (sulfide) groups is 1. The standard InChI is InChI=1S/C21H15BrF3N3O2S/c22-13-5-3-4-12(8-13)14-9-18(29)28-20(15(14)10-26)31-11-19(30)27-17-7-2-1-6-16(17)21(23,24)25/h1-8,14H,9,11H2,(H,27,30)(H,28,29)/t14-/m1/s1. The van der Waals surface area contributed by atoms with E-state index in [4.69, 9.17) is 0 Å². The van der Waals surface area contributed by atoms with Crippen molar-refractivity contribution < 1.29 is 22.8 Å². The highest BCUT2D eigenvalue weighted by Crippen LogP contribution is 2.37. The lowest BCUT2D eigenvalue weighted by Crippen LogP contribution is -2.31. The van der Waals surface area contributed by atoms with Crippen LogP contribution in [0.2, 0.25) is 0 Å². The Morgan fingerprint density at radius 2 is 2.00 bits per heavy atom. The van der Waals surface area contributed by atoms with Gasteiger partial charge in [-0.15, -0.1) is 0 Å². The predicted octanol–water partition coefficient (Wildman–Crippen LogP) is 5.18. The lowest BCUT2D eigenvalue weighted by Gasteiger charge is -2.25. The minimum atomic E-state index is -4.61. The van der Waals surface area contributed by atoms with Gasteiger partial charge in [-0.25, -0.2) is 0 Å². The Kier molecular flexibility index (Phi) is 7.08. The predicted molar refractivity (Wildman–Crippen MR) is 115 cm³/mol. The van der Waals surface area contributed by atoms with Gasteiger partial charge >= 0.3 is 6.18 Å². The van der Waals surface area contributed by atoms with Crippen molar-refractivity contribution in [2.24, 2.45) is 0 Å². The van der Waals surface area contributed by atoms with E-state index in [-0.39, 0.29) is 28.8 Å². The van der Waals surface area contributed by atoms with Gasteiger partial charge in [-0.1, -0.05) is 52.0 Å². The fourth-order valence-corrected chi connectivity index (χ4v) is 4.40. The summed E-state index contributed by atoms with van der Waals surface area (Å²) in [6.45, 7) is 0. The molecule has 1 aliphatic rings. The molecule has 2 aromatic carbocycles. The molecule has 10 heteroatoms. The van der Waals surface area contributed by atoms with Crippen LogP contribution in [0.25, 0.3) is 0 Å². The van der Waals surface area contributed by atoms with Crippen molar-refractivity contribution in [3.05, 3.63) is 74.7 Å². The summed E-state index contributed by atoms with van der Waals surface area (Å²) in [4.78, 5) is 24.5. The average molecular weight is 510 g/mol. The monoisotopic (exact) mass is 509 g/mol. The summed E-state index contributed by atoms with van der Waals surface area (Å²) in [6, 6.07) is 14.0. The third-order valence-electron chi connectivity index (χ3n) is 4.46. The van der Waals surface area contributed by atoms with Crippen LogP contribution >= 0.6 is 27.7 Å². The van der Waals surface area contributed by atoms with Crippen LogP contribution in [0.4, 0.5) is 18.9 Å². The van der Waals surface area contributed by atoms with E-state index in [0.29, 0.717) is 5.57 Å². The van der Waals surface area contributed by atoms with Crippen molar-refractivity contribution in [1.29, 1.82) is 5.26 Å². The molecular formula is C21H15BrF3N3O2S. The molecule has 0 saturated heterocycles. The van der Waals surface area contributed by atoms with E-state index in [9.17, 15) is 28.0 Å². The smallest absolute Gasteiger partial charge is 0.325 e. The summed E-state index contributed by atoms with van der Waals surface area (Å²) < 4.78 is 40.1. The zero-order chi connectivity index (χ0) is 22.6. The van der Waals surface area contributed by atoms with Crippen LogP contribution in [-0.2, 0) is 15.8 Å². The van der Waals surface area contributed by atoms with Crippen molar-refractivity contribution >= 4 is 45.2 Å². The first-order valence-corrected chi connectivity index (χ1v) is 10.8. The number of amides is 2. The Labute approximate surface area is 188 Å². The first kappa shape index (κ1) is 22.9. The highest BCUT2D eigenvalue weighted by molar-refractivity contribution is 9.10. The molecule has 160 valence electrons. The normalized spacial score (nSPS) is 16.5. The summed E-state index contributed by atoms with van der Waals surface area (Å²) in [5, 5.41) is 14.7. The maximum Gasteiger partial charge on any atom is 0.418 e. The zero-order valence-corrected chi connectivity index (χ0v) is 18.2. The van der Waals surface area contributed by atoms with Crippen LogP contribution in [0, 0.1) is 11.3 Å². The Balaban J connectivity index is 1.78. The van der Waals surface area contributed by atoms with E-state index in [0.717, 1.165) is 33.9 Å². The topological polar surface area (TPSA) is 82.0 Å². The number of rotatable bonds is 5. The lowest BCUT2D eigenvalue weighted by atomic mass is 9.87. The van der Waals surface area contributed by atoms with Gasteiger partial charge in [0.2, 0.25) is 11.8 Å². The summed E-state index contributed by atoms with van der Waals surface area (Å²) in [6.07, 6.45) is -4.53. The quantitative estimate of drug-likeness (QED) is 0.581. The Morgan fingerprint density at radius 3 is 2.68 bits per heavy atom. The summed E-state index contributed by atoms with van der Waals surface area (Å²) in [5.41, 5.74) is -0.241. The lowest BCUT2D eigenvalue weighted by molar-refractivity contribution is -0.137. The maximum absolute atomic E-state index is 13.1. The van der Waals surface area contributed by atoms with Gasteiger partial charge in [0.15, 0.2) is 0 Å². The Morgan fingerprint density at radius 1 is 1.26 bits per heavy atom. The van der Waals surface area contributed by atoms with Crippen LogP contribution in [0.15, 0.2) is 63.6 Å². The number of anilines is 1. The third kappa shape index (κ3) is 5.68. The summed E-state index contributed by atoms with van der Waals surface area (Å²) in [5.74, 6) is -1.76. The number of nitriles is 1. The van der Waals surface area contributed by atoms with Gasteiger partial charge in [0.05, 0.1) is 33.7 Å². The number of alkyl halides is 3. The van der Waals surface area contributed by atoms with Gasteiger partial charge < -0.3 is 10.6 Å². The second kappa shape index (κ2) is 9.58. The molecule has 1 heterocycles. The number of allylic oxidation sites excluding steroid dienone is 1. The summed E-state index contributed by atoms with van der Waals surface area (Å²) >= 11 is 4.26. The van der Waals surface area contributed by atoms with Gasteiger partial charge in [0.1, 0.15) is 0 Å². The SMILES string of the molecule is N#CC1=C(SCC(=O)Nc2ccccc2C(F)(F)F)NC(=O)C[C@@H]1c1cccc(Br)c1. The first-order valence-electron chi connectivity index (χ1n) is 8.97. The Bertz CT molecular complexity index is 1100. The molecule has 0 unspecified atom stereocenters. The van der Waals surface area contributed by atoms with Gasteiger partial charge in [-0.05, 0) is 29.8 Å². The van der Waals surface area contributed by atoms with Crippen molar-refractivity contribution in [3.8, 4) is 6.07 Å². The van der Waals surface area contributed by atoms with Gasteiger partial charge in [-0.2, -0.15) is 18.4 Å². The number of carbonyl (C=O) groups excluding carboxylic acids is 2. The number of para-hydroxylation sites is 1. The highest BCUT2D eigenvalue weighted by atomic mass is 79.9. The van der Waals surface area contributed by atoms with Gasteiger partial charge in [0, 0.05) is 16.8 Å². The molecule has 2 N–H and O–H groups in total. The van der Waals surface area contributed by atoms with Crippen LogP contribution in [-0.4, -0.2) is 17.6 Å². The molecule has 31 heavy (non-hydrogen) atoms. The molecule has 5 nitrogen and oxygen atoms in total. The second-order valence-electron chi connectivity index (χ2n) is 6.59. The molecular weight excluding hydrogens is 495 g/mol. The maximum atomic E-state index is 13.1. The molecule has 0 fully saturated rings.